The van der Waals surface area contributed by atoms with Crippen LogP contribution in [0.4, 0.5) is 11.4 Å². The van der Waals surface area contributed by atoms with Crippen molar-refractivity contribution in [2.45, 2.75) is 32.4 Å². The van der Waals surface area contributed by atoms with Crippen molar-refractivity contribution in [2.24, 2.45) is 0 Å². The van der Waals surface area contributed by atoms with Crippen LogP contribution in [0.3, 0.4) is 0 Å². The van der Waals surface area contributed by atoms with E-state index in [0.29, 0.717) is 6.54 Å². The maximum atomic E-state index is 12.5. The summed E-state index contributed by atoms with van der Waals surface area (Å²) < 4.78 is 0. The van der Waals surface area contributed by atoms with Crippen molar-refractivity contribution < 1.29 is 4.79 Å². The van der Waals surface area contributed by atoms with Crippen LogP contribution < -0.4 is 16.0 Å². The molecule has 0 saturated heterocycles. The molecule has 1 heterocycles. The lowest BCUT2D eigenvalue weighted by atomic mass is 9.98. The molecule has 0 fully saturated rings. The first-order valence-electron chi connectivity index (χ1n) is 8.12. The van der Waals surface area contributed by atoms with Crippen molar-refractivity contribution in [1.29, 1.82) is 0 Å². The lowest BCUT2D eigenvalue weighted by Crippen LogP contribution is -2.47. The topological polar surface area (TPSA) is 58.4 Å². The van der Waals surface area contributed by atoms with Crippen molar-refractivity contribution in [3.8, 4) is 0 Å². The predicted molar refractivity (Wildman–Crippen MR) is 102 cm³/mol. The predicted octanol–water partition coefficient (Wildman–Crippen LogP) is 3.15. The first-order valence-corrected chi connectivity index (χ1v) is 8.12. The standard InChI is InChI=1S/C19H23N3O.ClH/c1-14(19(23)21-13-15-7-3-2-4-8-15)22-12-6-9-16-17(20)10-5-11-18(16)22;/h2-5,7-8,10-11,14H,6,9,12-13,20H2,1H3,(H,21,23);1H. The minimum Gasteiger partial charge on any atom is -0.398 e. The van der Waals surface area contributed by atoms with Gasteiger partial charge >= 0.3 is 0 Å². The van der Waals surface area contributed by atoms with Gasteiger partial charge in [0.05, 0.1) is 0 Å². The third-order valence-electron chi connectivity index (χ3n) is 4.48. The third-order valence-corrected chi connectivity index (χ3v) is 4.48. The SMILES string of the molecule is CC(C(=O)NCc1ccccc1)N1CCCc2c(N)cccc21.Cl. The van der Waals surface area contributed by atoms with Gasteiger partial charge in [0.1, 0.15) is 6.04 Å². The number of carbonyl (C=O) groups is 1. The Hall–Kier alpha value is -2.20. The van der Waals surface area contributed by atoms with Crippen LogP contribution in [0.2, 0.25) is 0 Å². The molecule has 4 nitrogen and oxygen atoms in total. The number of nitrogens with zero attached hydrogens (tertiary/aromatic N) is 1. The summed E-state index contributed by atoms with van der Waals surface area (Å²) in [6.07, 6.45) is 2.01. The zero-order valence-electron chi connectivity index (χ0n) is 13.9. The molecule has 5 heteroatoms. The molecule has 0 saturated carbocycles. The van der Waals surface area contributed by atoms with Gasteiger partial charge < -0.3 is 16.0 Å². The highest BCUT2D eigenvalue weighted by atomic mass is 35.5. The van der Waals surface area contributed by atoms with Gasteiger partial charge in [-0.3, -0.25) is 4.79 Å². The first kappa shape index (κ1) is 18.1. The molecule has 1 aliphatic heterocycles. The quantitative estimate of drug-likeness (QED) is 0.837. The van der Waals surface area contributed by atoms with E-state index in [2.05, 4.69) is 16.3 Å². The van der Waals surface area contributed by atoms with Gasteiger partial charge in [0.2, 0.25) is 5.91 Å². The molecular weight excluding hydrogens is 322 g/mol. The van der Waals surface area contributed by atoms with E-state index in [-0.39, 0.29) is 24.4 Å². The highest BCUT2D eigenvalue weighted by Crippen LogP contribution is 2.32. The summed E-state index contributed by atoms with van der Waals surface area (Å²) in [7, 11) is 0. The summed E-state index contributed by atoms with van der Waals surface area (Å²) in [6, 6.07) is 15.7. The molecule has 0 aromatic heterocycles. The summed E-state index contributed by atoms with van der Waals surface area (Å²) in [5.41, 5.74) is 10.3. The molecule has 1 atom stereocenters. The minimum atomic E-state index is -0.209. The van der Waals surface area contributed by atoms with Gasteiger partial charge in [0.15, 0.2) is 0 Å². The molecule has 2 aromatic rings. The Morgan fingerprint density at radius 1 is 1.21 bits per heavy atom. The molecule has 3 rings (SSSR count). The molecule has 3 N–H and O–H groups in total. The van der Waals surface area contributed by atoms with Crippen molar-refractivity contribution >= 4 is 29.7 Å². The Morgan fingerprint density at radius 3 is 2.71 bits per heavy atom. The molecule has 128 valence electrons. The highest BCUT2D eigenvalue weighted by molar-refractivity contribution is 5.86. The Kier molecular flexibility index (Phi) is 6.10. The number of rotatable bonds is 4. The summed E-state index contributed by atoms with van der Waals surface area (Å²) in [5, 5.41) is 3.03. The van der Waals surface area contributed by atoms with Gasteiger partial charge in [-0.15, -0.1) is 12.4 Å². The van der Waals surface area contributed by atoms with Crippen LogP contribution >= 0.6 is 12.4 Å². The van der Waals surface area contributed by atoms with Crippen molar-refractivity contribution in [3.05, 3.63) is 59.7 Å². The molecule has 0 spiro atoms. The van der Waals surface area contributed by atoms with E-state index in [1.54, 1.807) is 0 Å². The monoisotopic (exact) mass is 345 g/mol. The van der Waals surface area contributed by atoms with E-state index in [1.165, 1.54) is 5.56 Å². The Bertz CT molecular complexity index is 690. The average Bonchev–Trinajstić information content (AvgIpc) is 2.60. The summed E-state index contributed by atoms with van der Waals surface area (Å²) in [5.74, 6) is 0.0455. The van der Waals surface area contributed by atoms with E-state index in [9.17, 15) is 4.79 Å². The Labute approximate surface area is 149 Å². The second kappa shape index (κ2) is 8.06. The molecule has 0 bridgehead atoms. The van der Waals surface area contributed by atoms with Gasteiger partial charge in [0.25, 0.3) is 0 Å². The number of halogens is 1. The van der Waals surface area contributed by atoms with Gasteiger partial charge in [-0.05, 0) is 43.0 Å². The molecule has 0 radical (unpaired) electrons. The number of hydrogen-bond donors (Lipinski definition) is 2. The van der Waals surface area contributed by atoms with Crippen LogP contribution in [0.25, 0.3) is 0 Å². The number of carbonyl (C=O) groups excluding carboxylic acids is 1. The molecule has 1 amide bonds. The molecular formula is C19H24ClN3O. The molecule has 1 aliphatic rings. The number of benzene rings is 2. The van der Waals surface area contributed by atoms with Gasteiger partial charge in [0, 0.05) is 24.5 Å². The zero-order valence-corrected chi connectivity index (χ0v) is 14.7. The molecule has 1 unspecified atom stereocenters. The lowest BCUT2D eigenvalue weighted by Gasteiger charge is -2.36. The van der Waals surface area contributed by atoms with Gasteiger partial charge in [-0.1, -0.05) is 36.4 Å². The third kappa shape index (κ3) is 3.82. The van der Waals surface area contributed by atoms with E-state index >= 15 is 0 Å². The summed E-state index contributed by atoms with van der Waals surface area (Å²) in [4.78, 5) is 14.7. The average molecular weight is 346 g/mol. The van der Waals surface area contributed by atoms with Crippen LogP contribution in [-0.4, -0.2) is 18.5 Å². The van der Waals surface area contributed by atoms with Crippen LogP contribution in [-0.2, 0) is 17.8 Å². The number of fused-ring (bicyclic) bond motifs is 1. The van der Waals surface area contributed by atoms with Crippen molar-refractivity contribution in [3.63, 3.8) is 0 Å². The number of nitrogens with one attached hydrogen (secondary N) is 1. The van der Waals surface area contributed by atoms with Crippen LogP contribution in [0.1, 0.15) is 24.5 Å². The number of nitrogens with two attached hydrogens (primary N) is 1. The fourth-order valence-corrected chi connectivity index (χ4v) is 3.16. The Morgan fingerprint density at radius 2 is 1.96 bits per heavy atom. The van der Waals surface area contributed by atoms with E-state index in [4.69, 9.17) is 5.73 Å². The lowest BCUT2D eigenvalue weighted by molar-refractivity contribution is -0.122. The van der Waals surface area contributed by atoms with Gasteiger partial charge in [-0.2, -0.15) is 0 Å². The number of nitrogen functional groups attached to an aromatic ring is 1. The maximum absolute atomic E-state index is 12.5. The van der Waals surface area contributed by atoms with Gasteiger partial charge in [-0.25, -0.2) is 0 Å². The number of anilines is 2. The van der Waals surface area contributed by atoms with Crippen LogP contribution in [0.15, 0.2) is 48.5 Å². The fourth-order valence-electron chi connectivity index (χ4n) is 3.16. The number of hydrogen-bond acceptors (Lipinski definition) is 3. The molecule has 24 heavy (non-hydrogen) atoms. The smallest absolute Gasteiger partial charge is 0.242 e. The second-order valence-corrected chi connectivity index (χ2v) is 6.02. The zero-order chi connectivity index (χ0) is 16.2. The van der Waals surface area contributed by atoms with Crippen LogP contribution in [0, 0.1) is 0 Å². The van der Waals surface area contributed by atoms with Crippen molar-refractivity contribution in [1.82, 2.24) is 5.32 Å². The van der Waals surface area contributed by atoms with Crippen molar-refractivity contribution in [2.75, 3.05) is 17.2 Å². The largest absolute Gasteiger partial charge is 0.398 e. The van der Waals surface area contributed by atoms with E-state index in [0.717, 1.165) is 36.3 Å². The Balaban J connectivity index is 0.00000208. The highest BCUT2D eigenvalue weighted by Gasteiger charge is 2.26. The van der Waals surface area contributed by atoms with E-state index < -0.39 is 0 Å². The summed E-state index contributed by atoms with van der Waals surface area (Å²) in [6.45, 7) is 3.40. The number of amides is 1. The minimum absolute atomic E-state index is 0. The second-order valence-electron chi connectivity index (χ2n) is 6.02. The normalized spacial score (nSPS) is 14.3. The van der Waals surface area contributed by atoms with Crippen LogP contribution in [0.5, 0.6) is 0 Å². The fraction of sp³-hybridized carbons (Fsp3) is 0.316. The summed E-state index contributed by atoms with van der Waals surface area (Å²) >= 11 is 0. The van der Waals surface area contributed by atoms with E-state index in [1.807, 2.05) is 49.4 Å². The molecule has 2 aromatic carbocycles. The maximum Gasteiger partial charge on any atom is 0.242 e. The first-order chi connectivity index (χ1) is 11.2. The molecule has 0 aliphatic carbocycles.